The molecule has 0 aliphatic heterocycles. The molecule has 1 atom stereocenters. The van der Waals surface area contributed by atoms with Gasteiger partial charge in [-0.1, -0.05) is 19.1 Å². The van der Waals surface area contributed by atoms with Gasteiger partial charge in [0.15, 0.2) is 0 Å². The second kappa shape index (κ2) is 5.87. The molecule has 0 saturated carbocycles. The molecule has 2 heteroatoms. The Hall–Kier alpha value is -1.28. The quantitative estimate of drug-likeness (QED) is 0.599. The monoisotopic (exact) mass is 231 g/mol. The van der Waals surface area contributed by atoms with E-state index in [4.69, 9.17) is 4.74 Å². The van der Waals surface area contributed by atoms with E-state index in [9.17, 15) is 0 Å². The SMILES string of the molecule is C=CCCOc1ccc2c(c1)CCC2NCC. The van der Waals surface area contributed by atoms with Gasteiger partial charge in [-0.25, -0.2) is 0 Å². The molecular formula is C15H21NO. The van der Waals surface area contributed by atoms with Crippen LogP contribution < -0.4 is 10.1 Å². The van der Waals surface area contributed by atoms with E-state index in [1.54, 1.807) is 0 Å². The lowest BCUT2D eigenvalue weighted by molar-refractivity contribution is 0.324. The third kappa shape index (κ3) is 2.89. The van der Waals surface area contributed by atoms with Gasteiger partial charge in [-0.3, -0.25) is 0 Å². The van der Waals surface area contributed by atoms with Crippen LogP contribution in [0, 0.1) is 0 Å². The molecule has 0 amide bonds. The lowest BCUT2D eigenvalue weighted by atomic mass is 10.1. The summed E-state index contributed by atoms with van der Waals surface area (Å²) in [5.74, 6) is 0.989. The molecule has 2 nitrogen and oxygen atoms in total. The first-order chi connectivity index (χ1) is 8.35. The van der Waals surface area contributed by atoms with E-state index in [0.29, 0.717) is 6.04 Å². The van der Waals surface area contributed by atoms with E-state index < -0.39 is 0 Å². The Balaban J connectivity index is 2.03. The summed E-state index contributed by atoms with van der Waals surface area (Å²) in [6.07, 6.45) is 5.15. The molecule has 1 aliphatic carbocycles. The molecule has 1 unspecified atom stereocenters. The zero-order valence-electron chi connectivity index (χ0n) is 10.5. The number of aryl methyl sites for hydroxylation is 1. The van der Waals surface area contributed by atoms with E-state index in [2.05, 4.69) is 37.0 Å². The molecule has 0 radical (unpaired) electrons. The van der Waals surface area contributed by atoms with E-state index in [0.717, 1.165) is 31.7 Å². The van der Waals surface area contributed by atoms with Crippen molar-refractivity contribution >= 4 is 0 Å². The van der Waals surface area contributed by atoms with Crippen LogP contribution in [-0.4, -0.2) is 13.2 Å². The van der Waals surface area contributed by atoms with Gasteiger partial charge >= 0.3 is 0 Å². The highest BCUT2D eigenvalue weighted by molar-refractivity contribution is 5.40. The van der Waals surface area contributed by atoms with Gasteiger partial charge in [0.25, 0.3) is 0 Å². The van der Waals surface area contributed by atoms with Crippen LogP contribution in [0.5, 0.6) is 5.75 Å². The Kier molecular flexibility index (Phi) is 4.21. The summed E-state index contributed by atoms with van der Waals surface area (Å²) in [5, 5.41) is 3.52. The van der Waals surface area contributed by atoms with Gasteiger partial charge in [-0.2, -0.15) is 0 Å². The van der Waals surface area contributed by atoms with E-state index >= 15 is 0 Å². The highest BCUT2D eigenvalue weighted by atomic mass is 16.5. The predicted molar refractivity (Wildman–Crippen MR) is 71.5 cm³/mol. The van der Waals surface area contributed by atoms with Crippen molar-refractivity contribution in [2.45, 2.75) is 32.2 Å². The standard InChI is InChI=1S/C15H21NO/c1-3-5-10-17-13-7-8-14-12(11-13)6-9-15(14)16-4-2/h3,7-8,11,15-16H,1,4-6,9-10H2,2H3. The second-order valence-corrected chi connectivity index (χ2v) is 4.44. The number of ether oxygens (including phenoxy) is 1. The number of rotatable bonds is 6. The molecule has 0 fully saturated rings. The summed E-state index contributed by atoms with van der Waals surface area (Å²) in [6.45, 7) is 7.60. The fraction of sp³-hybridized carbons (Fsp3) is 0.467. The Morgan fingerprint density at radius 3 is 3.18 bits per heavy atom. The van der Waals surface area contributed by atoms with Crippen LogP contribution in [0.4, 0.5) is 0 Å². The number of hydrogen-bond acceptors (Lipinski definition) is 2. The van der Waals surface area contributed by atoms with Crippen molar-refractivity contribution in [1.82, 2.24) is 5.32 Å². The van der Waals surface area contributed by atoms with Crippen molar-refractivity contribution in [3.05, 3.63) is 42.0 Å². The molecule has 0 heterocycles. The van der Waals surface area contributed by atoms with E-state index in [1.165, 1.54) is 17.5 Å². The first-order valence-electron chi connectivity index (χ1n) is 6.45. The summed E-state index contributed by atoms with van der Waals surface area (Å²) in [4.78, 5) is 0. The molecule has 1 aromatic rings. The van der Waals surface area contributed by atoms with Gasteiger partial charge in [0.2, 0.25) is 0 Å². The molecule has 1 aromatic carbocycles. The molecule has 0 aromatic heterocycles. The first kappa shape index (κ1) is 12.2. The Morgan fingerprint density at radius 2 is 2.41 bits per heavy atom. The van der Waals surface area contributed by atoms with Gasteiger partial charge in [0.1, 0.15) is 5.75 Å². The fourth-order valence-electron chi connectivity index (χ4n) is 2.40. The molecule has 0 saturated heterocycles. The molecule has 1 aliphatic rings. The summed E-state index contributed by atoms with van der Waals surface area (Å²) < 4.78 is 5.68. The number of fused-ring (bicyclic) bond motifs is 1. The van der Waals surface area contributed by atoms with Gasteiger partial charge in [-0.05, 0) is 49.1 Å². The van der Waals surface area contributed by atoms with Crippen LogP contribution in [0.3, 0.4) is 0 Å². The van der Waals surface area contributed by atoms with Gasteiger partial charge < -0.3 is 10.1 Å². The van der Waals surface area contributed by atoms with Crippen LogP contribution in [0.15, 0.2) is 30.9 Å². The maximum atomic E-state index is 5.68. The Labute approximate surface area is 104 Å². The molecule has 2 rings (SSSR count). The van der Waals surface area contributed by atoms with Gasteiger partial charge in [0, 0.05) is 6.04 Å². The fourth-order valence-corrected chi connectivity index (χ4v) is 2.40. The topological polar surface area (TPSA) is 21.3 Å². The minimum Gasteiger partial charge on any atom is -0.493 e. The van der Waals surface area contributed by atoms with Crippen LogP contribution >= 0.6 is 0 Å². The Morgan fingerprint density at radius 1 is 1.53 bits per heavy atom. The summed E-state index contributed by atoms with van der Waals surface area (Å²) in [5.41, 5.74) is 2.88. The molecule has 17 heavy (non-hydrogen) atoms. The van der Waals surface area contributed by atoms with Gasteiger partial charge in [0.05, 0.1) is 6.61 Å². The van der Waals surface area contributed by atoms with E-state index in [1.807, 2.05) is 6.08 Å². The number of nitrogens with one attached hydrogen (secondary N) is 1. The van der Waals surface area contributed by atoms with Crippen LogP contribution in [0.25, 0.3) is 0 Å². The van der Waals surface area contributed by atoms with Crippen molar-refractivity contribution < 1.29 is 4.74 Å². The molecule has 1 N–H and O–H groups in total. The van der Waals surface area contributed by atoms with Crippen molar-refractivity contribution in [3.8, 4) is 5.75 Å². The van der Waals surface area contributed by atoms with Crippen LogP contribution in [0.1, 0.15) is 36.9 Å². The summed E-state index contributed by atoms with van der Waals surface area (Å²) >= 11 is 0. The highest BCUT2D eigenvalue weighted by Crippen LogP contribution is 2.33. The lowest BCUT2D eigenvalue weighted by Crippen LogP contribution is -2.18. The third-order valence-electron chi connectivity index (χ3n) is 3.23. The molecule has 92 valence electrons. The second-order valence-electron chi connectivity index (χ2n) is 4.44. The van der Waals surface area contributed by atoms with Crippen molar-refractivity contribution in [2.24, 2.45) is 0 Å². The predicted octanol–water partition coefficient (Wildman–Crippen LogP) is 3.24. The minimum atomic E-state index is 0.539. The molecule has 0 spiro atoms. The van der Waals surface area contributed by atoms with Crippen molar-refractivity contribution in [2.75, 3.05) is 13.2 Å². The smallest absolute Gasteiger partial charge is 0.119 e. The maximum Gasteiger partial charge on any atom is 0.119 e. The number of hydrogen-bond donors (Lipinski definition) is 1. The zero-order chi connectivity index (χ0) is 12.1. The van der Waals surface area contributed by atoms with E-state index in [-0.39, 0.29) is 0 Å². The van der Waals surface area contributed by atoms with Crippen molar-refractivity contribution in [1.29, 1.82) is 0 Å². The average molecular weight is 231 g/mol. The van der Waals surface area contributed by atoms with Crippen molar-refractivity contribution in [3.63, 3.8) is 0 Å². The zero-order valence-corrected chi connectivity index (χ0v) is 10.5. The normalized spacial score (nSPS) is 17.8. The molecule has 0 bridgehead atoms. The Bertz CT molecular complexity index is 387. The maximum absolute atomic E-state index is 5.68. The first-order valence-corrected chi connectivity index (χ1v) is 6.45. The summed E-state index contributed by atoms with van der Waals surface area (Å²) in [6, 6.07) is 7.02. The molecular weight excluding hydrogens is 210 g/mol. The van der Waals surface area contributed by atoms with Gasteiger partial charge in [-0.15, -0.1) is 6.58 Å². The highest BCUT2D eigenvalue weighted by Gasteiger charge is 2.21. The van der Waals surface area contributed by atoms with Crippen LogP contribution in [0.2, 0.25) is 0 Å². The average Bonchev–Trinajstić information content (AvgIpc) is 2.73. The summed E-state index contributed by atoms with van der Waals surface area (Å²) in [7, 11) is 0. The number of benzene rings is 1. The third-order valence-corrected chi connectivity index (χ3v) is 3.23. The minimum absolute atomic E-state index is 0.539. The van der Waals surface area contributed by atoms with Crippen LogP contribution in [-0.2, 0) is 6.42 Å². The largest absolute Gasteiger partial charge is 0.493 e. The lowest BCUT2D eigenvalue weighted by Gasteiger charge is -2.13.